The van der Waals surface area contributed by atoms with Crippen molar-refractivity contribution in [3.63, 3.8) is 0 Å². The molecule has 60 valence electrons. The van der Waals surface area contributed by atoms with Gasteiger partial charge in [0.15, 0.2) is 5.11 Å². The van der Waals surface area contributed by atoms with E-state index in [1.165, 1.54) is 12.8 Å². The Morgan fingerprint density at radius 3 is 2.73 bits per heavy atom. The van der Waals surface area contributed by atoms with Crippen LogP contribution in [0.15, 0.2) is 12.2 Å². The number of thiocarbonyl (C=S) groups is 1. The largest absolute Gasteiger partial charge is 0.376 e. The molecule has 1 saturated carbocycles. The molecule has 3 atom stereocenters. The second kappa shape index (κ2) is 2.48. The van der Waals surface area contributed by atoms with E-state index < -0.39 is 0 Å². The molecule has 11 heavy (non-hydrogen) atoms. The average Bonchev–Trinajstić information content (AvgIpc) is 2.45. The van der Waals surface area contributed by atoms with Crippen molar-refractivity contribution in [1.29, 1.82) is 0 Å². The van der Waals surface area contributed by atoms with Crippen LogP contribution in [0.25, 0.3) is 0 Å². The highest BCUT2D eigenvalue weighted by molar-refractivity contribution is 7.80. The van der Waals surface area contributed by atoms with Crippen LogP contribution in [-0.4, -0.2) is 11.2 Å². The van der Waals surface area contributed by atoms with Gasteiger partial charge in [0.1, 0.15) is 0 Å². The summed E-state index contributed by atoms with van der Waals surface area (Å²) in [7, 11) is 0. The monoisotopic (exact) mass is 168 g/mol. The number of allylic oxidation sites excluding steroid dienone is 1. The molecular formula is C8H12N2S. The molecule has 0 heterocycles. The van der Waals surface area contributed by atoms with Gasteiger partial charge in [-0.1, -0.05) is 12.2 Å². The molecule has 2 aliphatic rings. The zero-order chi connectivity index (χ0) is 7.84. The highest BCUT2D eigenvalue weighted by atomic mass is 32.1. The van der Waals surface area contributed by atoms with E-state index in [0.29, 0.717) is 17.1 Å². The van der Waals surface area contributed by atoms with Crippen molar-refractivity contribution in [3.05, 3.63) is 12.2 Å². The molecule has 0 spiro atoms. The normalized spacial score (nSPS) is 39.5. The lowest BCUT2D eigenvalue weighted by Crippen LogP contribution is -2.40. The van der Waals surface area contributed by atoms with Crippen LogP contribution in [0.3, 0.4) is 0 Å². The minimum Gasteiger partial charge on any atom is -0.376 e. The summed E-state index contributed by atoms with van der Waals surface area (Å²) in [6, 6.07) is 0.516. The summed E-state index contributed by atoms with van der Waals surface area (Å²) in [5.74, 6) is 1.47. The highest BCUT2D eigenvalue weighted by Gasteiger charge is 2.35. The molecule has 2 aliphatic carbocycles. The fourth-order valence-corrected chi connectivity index (χ4v) is 2.28. The molecule has 2 nitrogen and oxygen atoms in total. The van der Waals surface area contributed by atoms with Gasteiger partial charge < -0.3 is 11.1 Å². The van der Waals surface area contributed by atoms with Crippen LogP contribution in [-0.2, 0) is 0 Å². The van der Waals surface area contributed by atoms with Crippen molar-refractivity contribution >= 4 is 17.3 Å². The zero-order valence-electron chi connectivity index (χ0n) is 6.29. The topological polar surface area (TPSA) is 38.0 Å². The van der Waals surface area contributed by atoms with E-state index in [1.54, 1.807) is 0 Å². The van der Waals surface area contributed by atoms with Crippen molar-refractivity contribution < 1.29 is 0 Å². The van der Waals surface area contributed by atoms with Crippen LogP contribution in [0, 0.1) is 11.8 Å². The molecule has 3 N–H and O–H groups in total. The summed E-state index contributed by atoms with van der Waals surface area (Å²) in [4.78, 5) is 0. The van der Waals surface area contributed by atoms with E-state index in [9.17, 15) is 0 Å². The Kier molecular flexibility index (Phi) is 1.60. The molecule has 3 heteroatoms. The Labute approximate surface area is 71.8 Å². The Balaban J connectivity index is 1.98. The molecule has 0 unspecified atom stereocenters. The van der Waals surface area contributed by atoms with Gasteiger partial charge in [0.2, 0.25) is 0 Å². The van der Waals surface area contributed by atoms with Gasteiger partial charge in [0.05, 0.1) is 0 Å². The quantitative estimate of drug-likeness (QED) is 0.449. The second-order valence-corrected chi connectivity index (χ2v) is 3.84. The van der Waals surface area contributed by atoms with Gasteiger partial charge in [-0.2, -0.15) is 0 Å². The van der Waals surface area contributed by atoms with Gasteiger partial charge in [-0.15, -0.1) is 0 Å². The van der Waals surface area contributed by atoms with Crippen LogP contribution in [0.5, 0.6) is 0 Å². The zero-order valence-corrected chi connectivity index (χ0v) is 7.10. The Hall–Kier alpha value is -0.570. The van der Waals surface area contributed by atoms with E-state index in [2.05, 4.69) is 17.5 Å². The first-order valence-electron chi connectivity index (χ1n) is 4.00. The molecule has 0 aromatic rings. The molecule has 0 saturated heterocycles. The SMILES string of the molecule is NC(=S)N[C@H]1C[C@@H]2C=C[C@H]1C2. The minimum atomic E-state index is 0.441. The maximum absolute atomic E-state index is 5.40. The molecule has 2 bridgehead atoms. The first kappa shape index (κ1) is 7.10. The third-order valence-corrected chi connectivity index (χ3v) is 2.72. The predicted octanol–water partition coefficient (Wildman–Crippen LogP) is 0.784. The summed E-state index contributed by atoms with van der Waals surface area (Å²) >= 11 is 4.79. The standard InChI is InChI=1S/C8H12N2S/c9-8(11)10-7-4-5-1-2-6(7)3-5/h1-2,5-7H,3-4H2,(H3,9,10,11)/t5-,6+,7+/m1/s1. The molecule has 0 radical (unpaired) electrons. The van der Waals surface area contributed by atoms with Gasteiger partial charge in [-0.3, -0.25) is 0 Å². The van der Waals surface area contributed by atoms with E-state index in [1.807, 2.05) is 0 Å². The van der Waals surface area contributed by atoms with Crippen molar-refractivity contribution in [3.8, 4) is 0 Å². The fraction of sp³-hybridized carbons (Fsp3) is 0.625. The average molecular weight is 168 g/mol. The van der Waals surface area contributed by atoms with Crippen LogP contribution >= 0.6 is 12.2 Å². The first-order valence-corrected chi connectivity index (χ1v) is 4.41. The summed E-state index contributed by atoms with van der Waals surface area (Å²) in [6.45, 7) is 0. The highest BCUT2D eigenvalue weighted by Crippen LogP contribution is 2.38. The lowest BCUT2D eigenvalue weighted by molar-refractivity contribution is 0.525. The van der Waals surface area contributed by atoms with E-state index in [0.717, 1.165) is 5.92 Å². The molecule has 2 rings (SSSR count). The molecule has 0 aromatic heterocycles. The first-order chi connectivity index (χ1) is 5.25. The minimum absolute atomic E-state index is 0.441. The third kappa shape index (κ3) is 1.25. The third-order valence-electron chi connectivity index (χ3n) is 2.61. The summed E-state index contributed by atoms with van der Waals surface area (Å²) < 4.78 is 0. The Morgan fingerprint density at radius 1 is 1.45 bits per heavy atom. The summed E-state index contributed by atoms with van der Waals surface area (Å²) in [6.07, 6.45) is 7.09. The number of nitrogens with one attached hydrogen (secondary N) is 1. The molecule has 1 fully saturated rings. The number of fused-ring (bicyclic) bond motifs is 2. The number of rotatable bonds is 1. The Morgan fingerprint density at radius 2 is 2.27 bits per heavy atom. The number of hydrogen-bond acceptors (Lipinski definition) is 1. The fourth-order valence-electron chi connectivity index (χ4n) is 2.13. The lowest BCUT2D eigenvalue weighted by Gasteiger charge is -2.19. The van der Waals surface area contributed by atoms with Crippen LogP contribution in [0.1, 0.15) is 12.8 Å². The lowest BCUT2D eigenvalue weighted by atomic mass is 10.0. The smallest absolute Gasteiger partial charge is 0.163 e. The summed E-state index contributed by atoms with van der Waals surface area (Å²) in [5.41, 5.74) is 5.40. The number of hydrogen-bond donors (Lipinski definition) is 2. The number of nitrogens with two attached hydrogens (primary N) is 1. The predicted molar refractivity (Wildman–Crippen MR) is 49.1 cm³/mol. The van der Waals surface area contributed by atoms with Crippen molar-refractivity contribution in [2.24, 2.45) is 17.6 Å². The Bertz CT molecular complexity index is 212. The van der Waals surface area contributed by atoms with Gasteiger partial charge in [-0.25, -0.2) is 0 Å². The summed E-state index contributed by atoms with van der Waals surface area (Å²) in [5, 5.41) is 3.57. The van der Waals surface area contributed by atoms with Gasteiger partial charge in [-0.05, 0) is 36.9 Å². The van der Waals surface area contributed by atoms with Crippen molar-refractivity contribution in [2.45, 2.75) is 18.9 Å². The van der Waals surface area contributed by atoms with E-state index in [-0.39, 0.29) is 0 Å². The van der Waals surface area contributed by atoms with Crippen molar-refractivity contribution in [2.75, 3.05) is 0 Å². The van der Waals surface area contributed by atoms with Crippen molar-refractivity contribution in [1.82, 2.24) is 5.32 Å². The molecule has 0 aliphatic heterocycles. The van der Waals surface area contributed by atoms with Crippen LogP contribution in [0.2, 0.25) is 0 Å². The second-order valence-electron chi connectivity index (χ2n) is 3.40. The van der Waals surface area contributed by atoms with E-state index in [4.69, 9.17) is 18.0 Å². The maximum atomic E-state index is 5.40. The molecule has 0 aromatic carbocycles. The van der Waals surface area contributed by atoms with Gasteiger partial charge >= 0.3 is 0 Å². The van der Waals surface area contributed by atoms with Crippen LogP contribution < -0.4 is 11.1 Å². The van der Waals surface area contributed by atoms with Gasteiger partial charge in [0, 0.05) is 6.04 Å². The molecular weight excluding hydrogens is 156 g/mol. The van der Waals surface area contributed by atoms with E-state index >= 15 is 0 Å². The maximum Gasteiger partial charge on any atom is 0.163 e. The van der Waals surface area contributed by atoms with Crippen LogP contribution in [0.4, 0.5) is 0 Å². The van der Waals surface area contributed by atoms with Gasteiger partial charge in [0.25, 0.3) is 0 Å². The molecule has 0 amide bonds.